The molecule has 0 radical (unpaired) electrons. The van der Waals surface area contributed by atoms with Crippen LogP contribution in [0.4, 0.5) is 0 Å². The fourth-order valence-electron chi connectivity index (χ4n) is 3.46. The summed E-state index contributed by atoms with van der Waals surface area (Å²) in [6, 6.07) is 9.15. The molecule has 3 aromatic rings. The number of para-hydroxylation sites is 1. The van der Waals surface area contributed by atoms with Crippen LogP contribution in [-0.2, 0) is 12.8 Å². The maximum Gasteiger partial charge on any atom is 0.272 e. The SMILES string of the molecule is C[C@H]1CCc2nc3ccccc3c(C(=O)NNC(=O)c3ccoc3)c2C1. The van der Waals surface area contributed by atoms with Gasteiger partial charge in [0.05, 0.1) is 22.9 Å². The van der Waals surface area contributed by atoms with E-state index >= 15 is 0 Å². The molecule has 2 aromatic heterocycles. The summed E-state index contributed by atoms with van der Waals surface area (Å²) in [5.41, 5.74) is 8.69. The minimum absolute atomic E-state index is 0.328. The summed E-state index contributed by atoms with van der Waals surface area (Å²) in [5.74, 6) is -0.254. The Balaban J connectivity index is 1.69. The third kappa shape index (κ3) is 2.94. The maximum absolute atomic E-state index is 12.9. The van der Waals surface area contributed by atoms with Crippen molar-refractivity contribution in [3.05, 3.63) is 65.2 Å². The van der Waals surface area contributed by atoms with E-state index in [-0.39, 0.29) is 5.91 Å². The molecule has 2 N–H and O–H groups in total. The highest BCUT2D eigenvalue weighted by Gasteiger charge is 2.25. The van der Waals surface area contributed by atoms with Crippen molar-refractivity contribution in [3.63, 3.8) is 0 Å². The van der Waals surface area contributed by atoms with Gasteiger partial charge in [0.2, 0.25) is 0 Å². The Morgan fingerprint density at radius 3 is 2.77 bits per heavy atom. The van der Waals surface area contributed by atoms with Crippen LogP contribution in [0.1, 0.15) is 45.3 Å². The van der Waals surface area contributed by atoms with E-state index in [1.807, 2.05) is 24.3 Å². The average Bonchev–Trinajstić information content (AvgIpc) is 3.19. The number of furan rings is 1. The number of nitrogens with zero attached hydrogens (tertiary/aromatic N) is 1. The van der Waals surface area contributed by atoms with E-state index in [0.717, 1.165) is 41.4 Å². The van der Waals surface area contributed by atoms with Crippen molar-refractivity contribution in [1.82, 2.24) is 15.8 Å². The highest BCUT2D eigenvalue weighted by Crippen LogP contribution is 2.31. The van der Waals surface area contributed by atoms with Gasteiger partial charge in [0.25, 0.3) is 11.8 Å². The second kappa shape index (κ2) is 6.63. The summed E-state index contributed by atoms with van der Waals surface area (Å²) in [6.45, 7) is 2.18. The zero-order valence-electron chi connectivity index (χ0n) is 14.4. The largest absolute Gasteiger partial charge is 0.472 e. The van der Waals surface area contributed by atoms with E-state index in [1.165, 1.54) is 18.6 Å². The van der Waals surface area contributed by atoms with Crippen LogP contribution in [0, 0.1) is 5.92 Å². The van der Waals surface area contributed by atoms with Crippen LogP contribution in [0.25, 0.3) is 10.9 Å². The Kier molecular flexibility index (Phi) is 4.16. The molecule has 2 heterocycles. The van der Waals surface area contributed by atoms with Crippen molar-refractivity contribution in [2.24, 2.45) is 5.92 Å². The normalized spacial score (nSPS) is 16.1. The van der Waals surface area contributed by atoms with Crippen LogP contribution in [0.2, 0.25) is 0 Å². The van der Waals surface area contributed by atoms with E-state index in [9.17, 15) is 9.59 Å². The molecule has 1 aromatic carbocycles. The predicted molar refractivity (Wildman–Crippen MR) is 96.6 cm³/mol. The second-order valence-corrected chi connectivity index (χ2v) is 6.70. The number of pyridine rings is 1. The van der Waals surface area contributed by atoms with Crippen molar-refractivity contribution < 1.29 is 14.0 Å². The lowest BCUT2D eigenvalue weighted by Crippen LogP contribution is -2.42. The quantitative estimate of drug-likeness (QED) is 0.697. The van der Waals surface area contributed by atoms with Crippen molar-refractivity contribution in [2.75, 3.05) is 0 Å². The van der Waals surface area contributed by atoms with Gasteiger partial charge in [-0.1, -0.05) is 25.1 Å². The Labute approximate surface area is 150 Å². The van der Waals surface area contributed by atoms with Gasteiger partial charge in [-0.25, -0.2) is 0 Å². The number of rotatable bonds is 2. The molecule has 1 atom stereocenters. The molecule has 4 rings (SSSR count). The molecule has 0 spiro atoms. The van der Waals surface area contributed by atoms with Gasteiger partial charge < -0.3 is 4.42 Å². The maximum atomic E-state index is 12.9. The number of aromatic nitrogens is 1. The summed E-state index contributed by atoms with van der Waals surface area (Å²) in [7, 11) is 0. The molecule has 0 aliphatic heterocycles. The molecule has 0 unspecified atom stereocenters. The summed E-state index contributed by atoms with van der Waals surface area (Å²) in [4.78, 5) is 29.7. The lowest BCUT2D eigenvalue weighted by atomic mass is 9.84. The molecule has 1 aliphatic carbocycles. The first-order valence-electron chi connectivity index (χ1n) is 8.67. The molecule has 26 heavy (non-hydrogen) atoms. The van der Waals surface area contributed by atoms with Gasteiger partial charge in [-0.05, 0) is 42.9 Å². The predicted octanol–water partition coefficient (Wildman–Crippen LogP) is 3.03. The van der Waals surface area contributed by atoms with Crippen LogP contribution in [0.15, 0.2) is 47.3 Å². The van der Waals surface area contributed by atoms with Crippen LogP contribution in [0.5, 0.6) is 0 Å². The van der Waals surface area contributed by atoms with Crippen molar-refractivity contribution in [2.45, 2.75) is 26.2 Å². The summed E-state index contributed by atoms with van der Waals surface area (Å²) in [6.07, 6.45) is 5.48. The lowest BCUT2D eigenvalue weighted by Gasteiger charge is -2.24. The number of benzene rings is 1. The highest BCUT2D eigenvalue weighted by atomic mass is 16.3. The fourth-order valence-corrected chi connectivity index (χ4v) is 3.46. The number of amides is 2. The zero-order valence-corrected chi connectivity index (χ0v) is 14.4. The smallest absolute Gasteiger partial charge is 0.272 e. The molecule has 132 valence electrons. The van der Waals surface area contributed by atoms with Gasteiger partial charge >= 0.3 is 0 Å². The number of carbonyl (C=O) groups excluding carboxylic acids is 2. The van der Waals surface area contributed by atoms with Gasteiger partial charge in [-0.3, -0.25) is 25.4 Å². The Morgan fingerprint density at radius 1 is 1.15 bits per heavy atom. The topological polar surface area (TPSA) is 84.2 Å². The molecule has 6 heteroatoms. The summed E-state index contributed by atoms with van der Waals surface area (Å²) >= 11 is 0. The van der Waals surface area contributed by atoms with Gasteiger partial charge in [0, 0.05) is 11.1 Å². The van der Waals surface area contributed by atoms with E-state index in [1.54, 1.807) is 0 Å². The van der Waals surface area contributed by atoms with Gasteiger partial charge in [0.1, 0.15) is 6.26 Å². The molecule has 1 aliphatic rings. The van der Waals surface area contributed by atoms with Gasteiger partial charge in [0.15, 0.2) is 0 Å². The number of hydrogen-bond acceptors (Lipinski definition) is 4. The fraction of sp³-hybridized carbons (Fsp3) is 0.250. The van der Waals surface area contributed by atoms with Gasteiger partial charge in [-0.2, -0.15) is 0 Å². The van der Waals surface area contributed by atoms with E-state index in [0.29, 0.717) is 17.0 Å². The van der Waals surface area contributed by atoms with Gasteiger partial charge in [-0.15, -0.1) is 0 Å². The number of hydrogen-bond donors (Lipinski definition) is 2. The molecule has 0 saturated heterocycles. The van der Waals surface area contributed by atoms with Crippen LogP contribution in [0.3, 0.4) is 0 Å². The lowest BCUT2D eigenvalue weighted by molar-refractivity contribution is 0.0846. The Morgan fingerprint density at radius 2 is 1.96 bits per heavy atom. The first-order chi connectivity index (χ1) is 12.6. The zero-order chi connectivity index (χ0) is 18.1. The minimum atomic E-state index is -0.423. The second-order valence-electron chi connectivity index (χ2n) is 6.70. The van der Waals surface area contributed by atoms with Crippen molar-refractivity contribution >= 4 is 22.7 Å². The third-order valence-corrected chi connectivity index (χ3v) is 4.81. The minimum Gasteiger partial charge on any atom is -0.472 e. The molecular weight excluding hydrogens is 330 g/mol. The average molecular weight is 349 g/mol. The highest BCUT2D eigenvalue weighted by molar-refractivity contribution is 6.08. The first-order valence-corrected chi connectivity index (χ1v) is 8.67. The van der Waals surface area contributed by atoms with Crippen LogP contribution in [-0.4, -0.2) is 16.8 Å². The van der Waals surface area contributed by atoms with Crippen molar-refractivity contribution in [3.8, 4) is 0 Å². The number of hydrazine groups is 1. The van der Waals surface area contributed by atoms with E-state index in [2.05, 4.69) is 17.8 Å². The number of carbonyl (C=O) groups is 2. The van der Waals surface area contributed by atoms with E-state index in [4.69, 9.17) is 9.40 Å². The van der Waals surface area contributed by atoms with E-state index < -0.39 is 5.91 Å². The monoisotopic (exact) mass is 349 g/mol. The first kappa shape index (κ1) is 16.3. The van der Waals surface area contributed by atoms with Crippen LogP contribution >= 0.6 is 0 Å². The Hall–Kier alpha value is -3.15. The molecule has 6 nitrogen and oxygen atoms in total. The summed E-state index contributed by atoms with van der Waals surface area (Å²) in [5, 5.41) is 0.801. The van der Waals surface area contributed by atoms with Crippen molar-refractivity contribution in [1.29, 1.82) is 0 Å². The number of aryl methyl sites for hydroxylation is 1. The molecular formula is C20H19N3O3. The Bertz CT molecular complexity index is 979. The number of fused-ring (bicyclic) bond motifs is 2. The molecule has 0 saturated carbocycles. The van der Waals surface area contributed by atoms with Crippen LogP contribution < -0.4 is 10.9 Å². The number of nitrogens with one attached hydrogen (secondary N) is 2. The molecule has 0 bridgehead atoms. The molecule has 2 amide bonds. The molecule has 0 fully saturated rings. The third-order valence-electron chi connectivity index (χ3n) is 4.81. The summed E-state index contributed by atoms with van der Waals surface area (Å²) < 4.78 is 4.89. The standard InChI is InChI=1S/C20H19N3O3/c1-12-6-7-17-15(10-12)18(14-4-2-3-5-16(14)21-17)20(25)23-22-19(24)13-8-9-26-11-13/h2-5,8-9,11-12H,6-7,10H2,1H3,(H,22,24)(H,23,25)/t12-/m0/s1.